The first-order chi connectivity index (χ1) is 13.1. The molecule has 3 amide bonds. The molecule has 0 aliphatic carbocycles. The standard InChI is InChI=1S/C19H15ClN4O2S/c20-13-3-1-2-12(10-13)18-23-16(11-27-18)17(25)22-14-4-6-15(7-5-14)24-9-8-21-19(24)26/h1-7,10-11H,8-9H2,(H,21,26)(H,22,25). The Morgan fingerprint density at radius 3 is 2.74 bits per heavy atom. The Bertz CT molecular complexity index is 1000. The number of hydrogen-bond donors (Lipinski definition) is 2. The third kappa shape index (κ3) is 3.79. The number of amides is 3. The molecule has 2 heterocycles. The first-order valence-corrected chi connectivity index (χ1v) is 9.54. The Labute approximate surface area is 164 Å². The molecule has 0 atom stereocenters. The van der Waals surface area contributed by atoms with E-state index in [1.165, 1.54) is 11.3 Å². The summed E-state index contributed by atoms with van der Waals surface area (Å²) in [5.41, 5.74) is 2.65. The zero-order chi connectivity index (χ0) is 18.8. The van der Waals surface area contributed by atoms with Crippen LogP contribution in [0.4, 0.5) is 16.2 Å². The van der Waals surface area contributed by atoms with E-state index in [9.17, 15) is 9.59 Å². The third-order valence-corrected chi connectivity index (χ3v) is 5.23. The number of carbonyl (C=O) groups excluding carboxylic acids is 2. The van der Waals surface area contributed by atoms with Crippen LogP contribution in [0.5, 0.6) is 0 Å². The van der Waals surface area contributed by atoms with Gasteiger partial charge in [-0.25, -0.2) is 9.78 Å². The van der Waals surface area contributed by atoms with Crippen LogP contribution in [0.25, 0.3) is 10.6 Å². The molecule has 0 saturated carbocycles. The molecule has 2 N–H and O–H groups in total. The summed E-state index contributed by atoms with van der Waals surface area (Å²) < 4.78 is 0. The van der Waals surface area contributed by atoms with Crippen molar-refractivity contribution in [2.24, 2.45) is 0 Å². The van der Waals surface area contributed by atoms with E-state index in [-0.39, 0.29) is 11.9 Å². The van der Waals surface area contributed by atoms with Crippen LogP contribution in [0.1, 0.15) is 10.5 Å². The quantitative estimate of drug-likeness (QED) is 0.690. The second kappa shape index (κ2) is 7.38. The highest BCUT2D eigenvalue weighted by Gasteiger charge is 2.21. The van der Waals surface area contributed by atoms with Crippen molar-refractivity contribution < 1.29 is 9.59 Å². The molecule has 1 saturated heterocycles. The lowest BCUT2D eigenvalue weighted by Gasteiger charge is -2.14. The lowest BCUT2D eigenvalue weighted by Crippen LogP contribution is -2.27. The molecule has 0 spiro atoms. The second-order valence-corrected chi connectivity index (χ2v) is 7.23. The third-order valence-electron chi connectivity index (χ3n) is 4.10. The van der Waals surface area contributed by atoms with Crippen LogP contribution in [0.2, 0.25) is 5.02 Å². The Balaban J connectivity index is 1.45. The van der Waals surface area contributed by atoms with Gasteiger partial charge in [-0.05, 0) is 36.4 Å². The summed E-state index contributed by atoms with van der Waals surface area (Å²) in [6, 6.07) is 14.4. The van der Waals surface area contributed by atoms with E-state index in [1.54, 1.807) is 40.6 Å². The normalized spacial score (nSPS) is 13.5. The van der Waals surface area contributed by atoms with Crippen molar-refractivity contribution in [3.05, 3.63) is 64.6 Å². The highest BCUT2D eigenvalue weighted by atomic mass is 35.5. The summed E-state index contributed by atoms with van der Waals surface area (Å²) in [6.07, 6.45) is 0. The largest absolute Gasteiger partial charge is 0.336 e. The number of halogens is 1. The Morgan fingerprint density at radius 2 is 2.04 bits per heavy atom. The fraction of sp³-hybridized carbons (Fsp3) is 0.105. The van der Waals surface area contributed by atoms with Gasteiger partial charge in [0.05, 0.1) is 0 Å². The number of aromatic nitrogens is 1. The van der Waals surface area contributed by atoms with Crippen LogP contribution in [0.15, 0.2) is 53.9 Å². The van der Waals surface area contributed by atoms with Crippen LogP contribution in [-0.2, 0) is 0 Å². The molecular formula is C19H15ClN4O2S. The second-order valence-electron chi connectivity index (χ2n) is 5.93. The van der Waals surface area contributed by atoms with Crippen molar-refractivity contribution in [2.75, 3.05) is 23.3 Å². The number of carbonyl (C=O) groups is 2. The number of rotatable bonds is 4. The fourth-order valence-corrected chi connectivity index (χ4v) is 3.76. The SMILES string of the molecule is O=C(Nc1ccc(N2CCNC2=O)cc1)c1csc(-c2cccc(Cl)c2)n1. The fourth-order valence-electron chi connectivity index (χ4n) is 2.77. The number of hydrogen-bond acceptors (Lipinski definition) is 4. The van der Waals surface area contributed by atoms with Gasteiger partial charge in [0, 0.05) is 40.4 Å². The number of benzene rings is 2. The minimum atomic E-state index is -0.286. The van der Waals surface area contributed by atoms with Gasteiger partial charge in [0.1, 0.15) is 10.7 Å². The predicted molar refractivity (Wildman–Crippen MR) is 108 cm³/mol. The average Bonchev–Trinajstić information content (AvgIpc) is 3.32. The van der Waals surface area contributed by atoms with E-state index in [0.29, 0.717) is 29.5 Å². The summed E-state index contributed by atoms with van der Waals surface area (Å²) in [6.45, 7) is 1.27. The van der Waals surface area contributed by atoms with Gasteiger partial charge in [-0.3, -0.25) is 9.69 Å². The van der Waals surface area contributed by atoms with Crippen LogP contribution in [-0.4, -0.2) is 30.0 Å². The van der Waals surface area contributed by atoms with Gasteiger partial charge in [0.15, 0.2) is 0 Å². The maximum atomic E-state index is 12.5. The number of nitrogens with one attached hydrogen (secondary N) is 2. The average molecular weight is 399 g/mol. The summed E-state index contributed by atoms with van der Waals surface area (Å²) >= 11 is 7.40. The Kier molecular flexibility index (Phi) is 4.79. The molecule has 0 bridgehead atoms. The lowest BCUT2D eigenvalue weighted by atomic mass is 10.2. The number of urea groups is 1. The zero-order valence-electron chi connectivity index (χ0n) is 14.1. The van der Waals surface area contributed by atoms with Gasteiger partial charge in [-0.15, -0.1) is 11.3 Å². The summed E-state index contributed by atoms with van der Waals surface area (Å²) in [7, 11) is 0. The smallest absolute Gasteiger partial charge is 0.321 e. The van der Waals surface area contributed by atoms with E-state index in [2.05, 4.69) is 15.6 Å². The van der Waals surface area contributed by atoms with E-state index in [4.69, 9.17) is 11.6 Å². The van der Waals surface area contributed by atoms with Crippen molar-refractivity contribution in [1.82, 2.24) is 10.3 Å². The maximum absolute atomic E-state index is 12.5. The van der Waals surface area contributed by atoms with E-state index in [1.807, 2.05) is 18.2 Å². The van der Waals surface area contributed by atoms with Crippen LogP contribution < -0.4 is 15.5 Å². The van der Waals surface area contributed by atoms with Crippen LogP contribution >= 0.6 is 22.9 Å². The molecule has 1 fully saturated rings. The first-order valence-electron chi connectivity index (χ1n) is 8.28. The van der Waals surface area contributed by atoms with Gasteiger partial charge in [0.2, 0.25) is 0 Å². The predicted octanol–water partition coefficient (Wildman–Crippen LogP) is 4.25. The summed E-state index contributed by atoms with van der Waals surface area (Å²) in [5, 5.41) is 8.66. The lowest BCUT2D eigenvalue weighted by molar-refractivity contribution is 0.102. The van der Waals surface area contributed by atoms with Gasteiger partial charge in [0.25, 0.3) is 5.91 Å². The molecule has 1 aliphatic rings. The number of anilines is 2. The molecule has 8 heteroatoms. The summed E-state index contributed by atoms with van der Waals surface area (Å²) in [5.74, 6) is -0.286. The van der Waals surface area contributed by atoms with Gasteiger partial charge < -0.3 is 10.6 Å². The molecule has 1 aliphatic heterocycles. The minimum absolute atomic E-state index is 0.109. The molecule has 27 heavy (non-hydrogen) atoms. The van der Waals surface area contributed by atoms with Gasteiger partial charge in [-0.2, -0.15) is 0 Å². The number of nitrogens with zero attached hydrogens (tertiary/aromatic N) is 2. The monoisotopic (exact) mass is 398 g/mol. The van der Waals surface area contributed by atoms with Crippen molar-refractivity contribution in [3.8, 4) is 10.6 Å². The molecule has 136 valence electrons. The topological polar surface area (TPSA) is 74.3 Å². The van der Waals surface area contributed by atoms with E-state index in [0.717, 1.165) is 16.3 Å². The van der Waals surface area contributed by atoms with Crippen LogP contribution in [0.3, 0.4) is 0 Å². The highest BCUT2D eigenvalue weighted by molar-refractivity contribution is 7.13. The van der Waals surface area contributed by atoms with Crippen molar-refractivity contribution >= 4 is 46.3 Å². The molecule has 3 aromatic rings. The molecule has 6 nitrogen and oxygen atoms in total. The molecule has 2 aromatic carbocycles. The Hall–Kier alpha value is -2.90. The van der Waals surface area contributed by atoms with Crippen molar-refractivity contribution in [2.45, 2.75) is 0 Å². The van der Waals surface area contributed by atoms with Gasteiger partial charge >= 0.3 is 6.03 Å². The maximum Gasteiger partial charge on any atom is 0.321 e. The minimum Gasteiger partial charge on any atom is -0.336 e. The zero-order valence-corrected chi connectivity index (χ0v) is 15.7. The van der Waals surface area contributed by atoms with E-state index < -0.39 is 0 Å². The first kappa shape index (κ1) is 17.5. The molecular weight excluding hydrogens is 384 g/mol. The van der Waals surface area contributed by atoms with Gasteiger partial charge in [-0.1, -0.05) is 23.7 Å². The highest BCUT2D eigenvalue weighted by Crippen LogP contribution is 2.26. The van der Waals surface area contributed by atoms with Crippen molar-refractivity contribution in [1.29, 1.82) is 0 Å². The Morgan fingerprint density at radius 1 is 1.22 bits per heavy atom. The molecule has 0 unspecified atom stereocenters. The summed E-state index contributed by atoms with van der Waals surface area (Å²) in [4.78, 5) is 30.2. The molecule has 1 aromatic heterocycles. The molecule has 0 radical (unpaired) electrons. The van der Waals surface area contributed by atoms with E-state index >= 15 is 0 Å². The van der Waals surface area contributed by atoms with Crippen molar-refractivity contribution in [3.63, 3.8) is 0 Å². The number of thiazole rings is 1. The van der Waals surface area contributed by atoms with Crippen LogP contribution in [0, 0.1) is 0 Å². The molecule has 4 rings (SSSR count).